The molecule has 0 aromatic heterocycles. The molecule has 0 unspecified atom stereocenters. The third-order valence-corrected chi connectivity index (χ3v) is 3.21. The van der Waals surface area contributed by atoms with Crippen molar-refractivity contribution in [2.75, 3.05) is 32.8 Å². The third kappa shape index (κ3) is 1.88. The smallest absolute Gasteiger partial charge is 0.299 e. The van der Waals surface area contributed by atoms with Gasteiger partial charge in [-0.1, -0.05) is 6.92 Å². The van der Waals surface area contributed by atoms with Gasteiger partial charge in [0.25, 0.3) is 11.7 Å². The molecule has 0 spiro atoms. The zero-order chi connectivity index (χ0) is 14.9. The molecule has 1 aromatic carbocycles. The molecule has 0 bridgehead atoms. The molecular formula is C14H17NO5. The number of benzene rings is 1. The first kappa shape index (κ1) is 14.2. The molecule has 0 fully saturated rings. The second-order valence-corrected chi connectivity index (χ2v) is 4.33. The standard InChI is InChI=1S/C14H17NO5/c1-5-6-15-8-7-9(18-2)12(19-3)13(20-4)10(8)11(16)14(15)17/h7H,5-6H2,1-4H3. The summed E-state index contributed by atoms with van der Waals surface area (Å²) in [6.07, 6.45) is 0.745. The summed E-state index contributed by atoms with van der Waals surface area (Å²) in [4.78, 5) is 25.7. The first-order valence-corrected chi connectivity index (χ1v) is 6.29. The van der Waals surface area contributed by atoms with Crippen LogP contribution < -0.4 is 19.1 Å². The second kappa shape index (κ2) is 5.40. The van der Waals surface area contributed by atoms with Crippen LogP contribution in [0.5, 0.6) is 17.2 Å². The number of fused-ring (bicyclic) bond motifs is 1. The van der Waals surface area contributed by atoms with Crippen molar-refractivity contribution in [3.05, 3.63) is 11.6 Å². The summed E-state index contributed by atoms with van der Waals surface area (Å²) < 4.78 is 15.7. The van der Waals surface area contributed by atoms with E-state index in [1.807, 2.05) is 6.92 Å². The van der Waals surface area contributed by atoms with Crippen molar-refractivity contribution in [1.82, 2.24) is 0 Å². The van der Waals surface area contributed by atoms with Crippen LogP contribution in [0, 0.1) is 0 Å². The summed E-state index contributed by atoms with van der Waals surface area (Å²) in [6.45, 7) is 2.41. The highest BCUT2D eigenvalue weighted by Crippen LogP contribution is 2.47. The molecule has 1 heterocycles. The highest BCUT2D eigenvalue weighted by molar-refractivity contribution is 6.53. The molecule has 1 aliphatic rings. The quantitative estimate of drug-likeness (QED) is 0.767. The SMILES string of the molecule is CCCN1C(=O)C(=O)c2c1cc(OC)c(OC)c2OC. The third-order valence-electron chi connectivity index (χ3n) is 3.21. The fourth-order valence-corrected chi connectivity index (χ4v) is 2.36. The lowest BCUT2D eigenvalue weighted by Crippen LogP contribution is -2.30. The fourth-order valence-electron chi connectivity index (χ4n) is 2.36. The molecule has 6 nitrogen and oxygen atoms in total. The van der Waals surface area contributed by atoms with E-state index in [1.54, 1.807) is 6.07 Å². The van der Waals surface area contributed by atoms with Gasteiger partial charge in [-0.25, -0.2) is 0 Å². The van der Waals surface area contributed by atoms with Gasteiger partial charge in [0.1, 0.15) is 0 Å². The zero-order valence-corrected chi connectivity index (χ0v) is 12.0. The Kier molecular flexibility index (Phi) is 3.83. The minimum atomic E-state index is -0.578. The molecule has 2 rings (SSSR count). The maximum atomic E-state index is 12.2. The number of anilines is 1. The van der Waals surface area contributed by atoms with Crippen molar-refractivity contribution < 1.29 is 23.8 Å². The summed E-state index contributed by atoms with van der Waals surface area (Å²) in [7, 11) is 4.38. The van der Waals surface area contributed by atoms with E-state index in [9.17, 15) is 9.59 Å². The lowest BCUT2D eigenvalue weighted by Gasteiger charge is -2.18. The average molecular weight is 279 g/mol. The van der Waals surface area contributed by atoms with Crippen LogP contribution >= 0.6 is 0 Å². The van der Waals surface area contributed by atoms with E-state index in [0.29, 0.717) is 23.7 Å². The minimum absolute atomic E-state index is 0.235. The molecule has 20 heavy (non-hydrogen) atoms. The van der Waals surface area contributed by atoms with Crippen LogP contribution in [0.2, 0.25) is 0 Å². The maximum absolute atomic E-state index is 12.2. The van der Waals surface area contributed by atoms with Crippen molar-refractivity contribution in [3.63, 3.8) is 0 Å². The van der Waals surface area contributed by atoms with E-state index in [1.165, 1.54) is 26.2 Å². The van der Waals surface area contributed by atoms with Gasteiger partial charge >= 0.3 is 0 Å². The van der Waals surface area contributed by atoms with Crippen molar-refractivity contribution in [1.29, 1.82) is 0 Å². The van der Waals surface area contributed by atoms with Crippen LogP contribution in [-0.4, -0.2) is 39.6 Å². The summed E-state index contributed by atoms with van der Waals surface area (Å²) in [5, 5.41) is 0. The number of ether oxygens (including phenoxy) is 3. The van der Waals surface area contributed by atoms with Crippen LogP contribution in [0.3, 0.4) is 0 Å². The van der Waals surface area contributed by atoms with Gasteiger partial charge < -0.3 is 19.1 Å². The van der Waals surface area contributed by atoms with Gasteiger partial charge in [0.2, 0.25) is 5.75 Å². The Labute approximate surface area is 117 Å². The van der Waals surface area contributed by atoms with Gasteiger partial charge in [-0.15, -0.1) is 0 Å². The summed E-state index contributed by atoms with van der Waals surface area (Å²) in [5.41, 5.74) is 0.750. The highest BCUT2D eigenvalue weighted by atomic mass is 16.5. The van der Waals surface area contributed by atoms with Crippen molar-refractivity contribution >= 4 is 17.4 Å². The molecule has 0 atom stereocenters. The molecule has 1 aromatic rings. The number of carbonyl (C=O) groups is 2. The van der Waals surface area contributed by atoms with Gasteiger partial charge in [-0.05, 0) is 6.42 Å². The van der Waals surface area contributed by atoms with E-state index >= 15 is 0 Å². The number of ketones is 1. The Morgan fingerprint density at radius 3 is 2.20 bits per heavy atom. The first-order valence-electron chi connectivity index (χ1n) is 6.29. The van der Waals surface area contributed by atoms with E-state index in [-0.39, 0.29) is 11.3 Å². The van der Waals surface area contributed by atoms with E-state index in [4.69, 9.17) is 14.2 Å². The summed E-state index contributed by atoms with van der Waals surface area (Å²) in [6, 6.07) is 1.63. The van der Waals surface area contributed by atoms with E-state index in [0.717, 1.165) is 6.42 Å². The molecule has 0 aliphatic carbocycles. The Morgan fingerprint density at radius 2 is 1.70 bits per heavy atom. The molecule has 108 valence electrons. The normalized spacial score (nSPS) is 13.5. The number of carbonyl (C=O) groups excluding carboxylic acids is 2. The largest absolute Gasteiger partial charge is 0.493 e. The molecule has 0 radical (unpaired) electrons. The van der Waals surface area contributed by atoms with Gasteiger partial charge in [0, 0.05) is 12.6 Å². The van der Waals surface area contributed by atoms with Crippen LogP contribution in [0.4, 0.5) is 5.69 Å². The first-order chi connectivity index (χ1) is 9.60. The van der Waals surface area contributed by atoms with Crippen LogP contribution in [0.1, 0.15) is 23.7 Å². The van der Waals surface area contributed by atoms with E-state index < -0.39 is 11.7 Å². The molecule has 0 saturated heterocycles. The Bertz CT molecular complexity index is 567. The van der Waals surface area contributed by atoms with Crippen LogP contribution in [0.25, 0.3) is 0 Å². The number of hydrogen-bond donors (Lipinski definition) is 0. The number of hydrogen-bond acceptors (Lipinski definition) is 5. The van der Waals surface area contributed by atoms with Crippen molar-refractivity contribution in [2.24, 2.45) is 0 Å². The number of Topliss-reactive ketones (excluding diaryl/α,β-unsaturated/α-hetero) is 1. The molecule has 6 heteroatoms. The van der Waals surface area contributed by atoms with Gasteiger partial charge in [-0.3, -0.25) is 9.59 Å². The van der Waals surface area contributed by atoms with Crippen LogP contribution in [-0.2, 0) is 4.79 Å². The number of rotatable bonds is 5. The van der Waals surface area contributed by atoms with Crippen molar-refractivity contribution in [2.45, 2.75) is 13.3 Å². The van der Waals surface area contributed by atoms with Crippen LogP contribution in [0.15, 0.2) is 6.07 Å². The number of amides is 1. The molecule has 0 saturated carbocycles. The predicted molar refractivity (Wildman–Crippen MR) is 73.1 cm³/mol. The van der Waals surface area contributed by atoms with Gasteiger partial charge in [0.15, 0.2) is 11.5 Å². The molecule has 1 aliphatic heterocycles. The molecule has 0 N–H and O–H groups in total. The topological polar surface area (TPSA) is 65.1 Å². The Hall–Kier alpha value is -2.24. The predicted octanol–water partition coefficient (Wildman–Crippen LogP) is 1.65. The van der Waals surface area contributed by atoms with Crippen molar-refractivity contribution in [3.8, 4) is 17.2 Å². The molecular weight excluding hydrogens is 262 g/mol. The second-order valence-electron chi connectivity index (χ2n) is 4.33. The lowest BCUT2D eigenvalue weighted by atomic mass is 10.1. The van der Waals surface area contributed by atoms with Gasteiger partial charge in [-0.2, -0.15) is 0 Å². The Balaban J connectivity index is 2.72. The number of methoxy groups -OCH3 is 3. The summed E-state index contributed by atoms with van der Waals surface area (Å²) >= 11 is 0. The fraction of sp³-hybridized carbons (Fsp3) is 0.429. The van der Waals surface area contributed by atoms with Gasteiger partial charge in [0.05, 0.1) is 32.6 Å². The number of nitrogens with zero attached hydrogens (tertiary/aromatic N) is 1. The molecule has 1 amide bonds. The zero-order valence-electron chi connectivity index (χ0n) is 12.0. The lowest BCUT2D eigenvalue weighted by molar-refractivity contribution is -0.114. The Morgan fingerprint density at radius 1 is 1.05 bits per heavy atom. The monoisotopic (exact) mass is 279 g/mol. The average Bonchev–Trinajstić information content (AvgIpc) is 2.70. The maximum Gasteiger partial charge on any atom is 0.299 e. The van der Waals surface area contributed by atoms with E-state index in [2.05, 4.69) is 0 Å². The summed E-state index contributed by atoms with van der Waals surface area (Å²) in [5.74, 6) is -0.152. The highest BCUT2D eigenvalue weighted by Gasteiger charge is 2.40. The minimum Gasteiger partial charge on any atom is -0.493 e.